The van der Waals surface area contributed by atoms with E-state index in [1.807, 2.05) is 19.1 Å². The van der Waals surface area contributed by atoms with Gasteiger partial charge in [-0.15, -0.1) is 0 Å². The van der Waals surface area contributed by atoms with Crippen molar-refractivity contribution in [2.45, 2.75) is 20.8 Å². The van der Waals surface area contributed by atoms with Crippen LogP contribution in [0.15, 0.2) is 47.2 Å². The lowest BCUT2D eigenvalue weighted by Gasteiger charge is -2.10. The highest BCUT2D eigenvalue weighted by atomic mass is 16.1. The second kappa shape index (κ2) is 6.17. The summed E-state index contributed by atoms with van der Waals surface area (Å²) in [7, 11) is 0. The minimum atomic E-state index is -0.221. The minimum absolute atomic E-state index is 0.0714. The molecule has 5 nitrogen and oxygen atoms in total. The van der Waals surface area contributed by atoms with Crippen molar-refractivity contribution in [3.8, 4) is 11.1 Å². The molecular weight excluding hydrogens is 266 g/mol. The molecule has 0 saturated heterocycles. The summed E-state index contributed by atoms with van der Waals surface area (Å²) in [4.78, 5) is 29.9. The predicted molar refractivity (Wildman–Crippen MR) is 83.1 cm³/mol. The van der Waals surface area contributed by atoms with Gasteiger partial charge in [-0.2, -0.15) is 0 Å². The van der Waals surface area contributed by atoms with Crippen LogP contribution in [0.1, 0.15) is 19.5 Å². The Bertz CT molecular complexity index is 746. The molecular formula is C16H17N3O2. The fourth-order valence-electron chi connectivity index (χ4n) is 2.10. The second-order valence-corrected chi connectivity index (χ2v) is 4.85. The van der Waals surface area contributed by atoms with Gasteiger partial charge in [-0.1, -0.05) is 0 Å². The van der Waals surface area contributed by atoms with E-state index in [-0.39, 0.29) is 11.3 Å². The predicted octanol–water partition coefficient (Wildman–Crippen LogP) is 2.65. The summed E-state index contributed by atoms with van der Waals surface area (Å²) in [6.07, 6.45) is 4.85. The number of anilines is 1. The molecule has 0 aliphatic heterocycles. The molecule has 0 bridgehead atoms. The largest absolute Gasteiger partial charge is 0.355 e. The number of hydrogen-bond acceptors (Lipinski definition) is 4. The average Bonchev–Trinajstić information content (AvgIpc) is 2.42. The molecule has 2 rings (SSSR count). The van der Waals surface area contributed by atoms with E-state index in [1.54, 1.807) is 25.4 Å². The van der Waals surface area contributed by atoms with Gasteiger partial charge in [-0.05, 0) is 50.6 Å². The molecule has 5 heteroatoms. The van der Waals surface area contributed by atoms with Crippen molar-refractivity contribution in [2.24, 2.45) is 0 Å². The molecule has 0 aromatic carbocycles. The van der Waals surface area contributed by atoms with E-state index in [0.717, 1.165) is 16.8 Å². The summed E-state index contributed by atoms with van der Waals surface area (Å²) in [5.74, 6) is -0.0714. The SMILES string of the molecule is CC(=O)C=C(C)Nc1cc(-c2ccncc2)c(C)[nH]c1=O. The fourth-order valence-corrected chi connectivity index (χ4v) is 2.10. The maximum Gasteiger partial charge on any atom is 0.271 e. The number of aryl methyl sites for hydroxylation is 1. The minimum Gasteiger partial charge on any atom is -0.355 e. The number of allylic oxidation sites excluding steroid dienone is 2. The summed E-state index contributed by atoms with van der Waals surface area (Å²) in [6, 6.07) is 5.53. The molecule has 0 saturated carbocycles. The van der Waals surface area contributed by atoms with Crippen LogP contribution in [-0.4, -0.2) is 15.8 Å². The Morgan fingerprint density at radius 3 is 2.57 bits per heavy atom. The third-order valence-electron chi connectivity index (χ3n) is 2.98. The zero-order valence-electron chi connectivity index (χ0n) is 12.2. The molecule has 0 atom stereocenters. The molecule has 2 aromatic rings. The summed E-state index contributed by atoms with van der Waals surface area (Å²) >= 11 is 0. The van der Waals surface area contributed by atoms with Crippen LogP contribution in [0.4, 0.5) is 5.69 Å². The first-order valence-electron chi connectivity index (χ1n) is 6.57. The van der Waals surface area contributed by atoms with Crippen molar-refractivity contribution >= 4 is 11.5 Å². The first-order chi connectivity index (χ1) is 9.97. The van der Waals surface area contributed by atoms with E-state index in [9.17, 15) is 9.59 Å². The topological polar surface area (TPSA) is 74.8 Å². The van der Waals surface area contributed by atoms with Gasteiger partial charge >= 0.3 is 0 Å². The third-order valence-corrected chi connectivity index (χ3v) is 2.98. The van der Waals surface area contributed by atoms with E-state index >= 15 is 0 Å². The molecule has 0 amide bonds. The van der Waals surface area contributed by atoms with Crippen LogP contribution in [0.2, 0.25) is 0 Å². The molecule has 2 N–H and O–H groups in total. The molecule has 21 heavy (non-hydrogen) atoms. The van der Waals surface area contributed by atoms with Crippen LogP contribution in [-0.2, 0) is 4.79 Å². The van der Waals surface area contributed by atoms with Crippen LogP contribution >= 0.6 is 0 Å². The van der Waals surface area contributed by atoms with Crippen LogP contribution < -0.4 is 10.9 Å². The van der Waals surface area contributed by atoms with E-state index in [1.165, 1.54) is 13.0 Å². The van der Waals surface area contributed by atoms with Crippen molar-refractivity contribution in [3.05, 3.63) is 58.4 Å². The molecule has 108 valence electrons. The van der Waals surface area contributed by atoms with Gasteiger partial charge in [-0.25, -0.2) is 0 Å². The highest BCUT2D eigenvalue weighted by Crippen LogP contribution is 2.22. The van der Waals surface area contributed by atoms with E-state index < -0.39 is 0 Å². The quantitative estimate of drug-likeness (QED) is 0.846. The Labute approximate surface area is 122 Å². The van der Waals surface area contributed by atoms with Gasteiger partial charge in [0, 0.05) is 29.3 Å². The number of H-pyrrole nitrogens is 1. The average molecular weight is 283 g/mol. The van der Waals surface area contributed by atoms with Gasteiger partial charge in [0.2, 0.25) is 0 Å². The van der Waals surface area contributed by atoms with E-state index in [2.05, 4.69) is 15.3 Å². The van der Waals surface area contributed by atoms with Crippen molar-refractivity contribution in [2.75, 3.05) is 5.32 Å². The van der Waals surface area contributed by atoms with Gasteiger partial charge in [-0.3, -0.25) is 14.6 Å². The zero-order chi connectivity index (χ0) is 15.4. The summed E-state index contributed by atoms with van der Waals surface area (Å²) in [6.45, 7) is 5.05. The summed E-state index contributed by atoms with van der Waals surface area (Å²) in [5.41, 5.74) is 3.47. The Morgan fingerprint density at radius 2 is 1.95 bits per heavy atom. The fraction of sp³-hybridized carbons (Fsp3) is 0.188. The van der Waals surface area contributed by atoms with Crippen molar-refractivity contribution < 1.29 is 4.79 Å². The molecule has 2 heterocycles. The number of aromatic nitrogens is 2. The number of aromatic amines is 1. The standard InChI is InChI=1S/C16H17N3O2/c1-10(8-11(2)20)18-15-9-14(12(3)19-16(15)21)13-4-6-17-7-5-13/h4-9,18H,1-3H3,(H,19,21). The number of rotatable bonds is 4. The lowest BCUT2D eigenvalue weighted by molar-refractivity contribution is -0.112. The number of nitrogens with zero attached hydrogens (tertiary/aromatic N) is 1. The van der Waals surface area contributed by atoms with Crippen molar-refractivity contribution in [1.82, 2.24) is 9.97 Å². The lowest BCUT2D eigenvalue weighted by atomic mass is 10.1. The Kier molecular flexibility index (Phi) is 4.33. The van der Waals surface area contributed by atoms with Crippen LogP contribution in [0, 0.1) is 6.92 Å². The van der Waals surface area contributed by atoms with Gasteiger partial charge in [0.1, 0.15) is 5.69 Å². The van der Waals surface area contributed by atoms with Crippen LogP contribution in [0.5, 0.6) is 0 Å². The molecule has 0 unspecified atom stereocenters. The van der Waals surface area contributed by atoms with Gasteiger partial charge in [0.25, 0.3) is 5.56 Å². The highest BCUT2D eigenvalue weighted by molar-refractivity contribution is 5.88. The number of carbonyl (C=O) groups is 1. The van der Waals surface area contributed by atoms with E-state index in [4.69, 9.17) is 0 Å². The van der Waals surface area contributed by atoms with Gasteiger partial charge in [0.15, 0.2) is 5.78 Å². The van der Waals surface area contributed by atoms with Gasteiger partial charge in [0.05, 0.1) is 0 Å². The monoisotopic (exact) mass is 283 g/mol. The zero-order valence-corrected chi connectivity index (χ0v) is 12.2. The van der Waals surface area contributed by atoms with E-state index in [0.29, 0.717) is 11.4 Å². The molecule has 2 aromatic heterocycles. The Morgan fingerprint density at radius 1 is 1.29 bits per heavy atom. The van der Waals surface area contributed by atoms with Gasteiger partial charge < -0.3 is 10.3 Å². The smallest absolute Gasteiger partial charge is 0.271 e. The maximum absolute atomic E-state index is 12.0. The molecule has 0 aliphatic rings. The highest BCUT2D eigenvalue weighted by Gasteiger charge is 2.08. The second-order valence-electron chi connectivity index (χ2n) is 4.85. The van der Waals surface area contributed by atoms with Crippen molar-refractivity contribution in [3.63, 3.8) is 0 Å². The number of carbonyl (C=O) groups excluding carboxylic acids is 1. The van der Waals surface area contributed by atoms with Crippen LogP contribution in [0.25, 0.3) is 11.1 Å². The van der Waals surface area contributed by atoms with Crippen LogP contribution in [0.3, 0.4) is 0 Å². The first-order valence-corrected chi connectivity index (χ1v) is 6.57. The number of pyridine rings is 2. The molecule has 0 radical (unpaired) electrons. The third kappa shape index (κ3) is 3.66. The number of ketones is 1. The normalized spacial score (nSPS) is 11.3. The molecule has 0 spiro atoms. The van der Waals surface area contributed by atoms with Crippen molar-refractivity contribution in [1.29, 1.82) is 0 Å². The first kappa shape index (κ1) is 14.7. The lowest BCUT2D eigenvalue weighted by Crippen LogP contribution is -2.15. The Hall–Kier alpha value is -2.69. The molecule has 0 fully saturated rings. The molecule has 0 aliphatic carbocycles. The maximum atomic E-state index is 12.0. The number of hydrogen-bond donors (Lipinski definition) is 2. The Balaban J connectivity index is 2.45. The summed E-state index contributed by atoms with van der Waals surface area (Å²) < 4.78 is 0. The number of nitrogens with one attached hydrogen (secondary N) is 2. The summed E-state index contributed by atoms with van der Waals surface area (Å²) in [5, 5.41) is 2.96.